The van der Waals surface area contributed by atoms with E-state index in [0.29, 0.717) is 0 Å². The lowest BCUT2D eigenvalue weighted by Gasteiger charge is -2.32. The van der Waals surface area contributed by atoms with E-state index in [9.17, 15) is 4.79 Å². The summed E-state index contributed by atoms with van der Waals surface area (Å²) >= 11 is 0. The highest BCUT2D eigenvalue weighted by Gasteiger charge is 2.31. The van der Waals surface area contributed by atoms with Crippen LogP contribution >= 0.6 is 0 Å². The summed E-state index contributed by atoms with van der Waals surface area (Å²) in [5, 5.41) is 0. The number of hydrogen-bond donors (Lipinski definition) is 0. The number of piperidine rings is 1. The Labute approximate surface area is 211 Å². The lowest BCUT2D eigenvalue weighted by Crippen LogP contribution is -2.41. The Morgan fingerprint density at radius 1 is 0.794 bits per heavy atom. The van der Waals surface area contributed by atoms with Gasteiger partial charge in [-0.05, 0) is 44.8 Å². The van der Waals surface area contributed by atoms with Gasteiger partial charge in [0.2, 0.25) is 0 Å². The first kappa shape index (κ1) is 29.5. The molecule has 4 nitrogen and oxygen atoms in total. The molecule has 198 valence electrons. The molecule has 0 N–H and O–H groups in total. The summed E-state index contributed by atoms with van der Waals surface area (Å²) in [6, 6.07) is 0. The lowest BCUT2D eigenvalue weighted by atomic mass is 9.98. The van der Waals surface area contributed by atoms with Crippen LogP contribution in [-0.4, -0.2) is 49.3 Å². The minimum atomic E-state index is -0.351. The van der Waals surface area contributed by atoms with Crippen molar-refractivity contribution < 1.29 is 14.3 Å². The van der Waals surface area contributed by atoms with Gasteiger partial charge in [-0.25, -0.2) is 0 Å². The maximum Gasteiger partial charge on any atom is 0.188 e. The molecule has 2 rings (SSSR count). The summed E-state index contributed by atoms with van der Waals surface area (Å²) in [6.07, 6.45) is 25.9. The molecule has 34 heavy (non-hydrogen) atoms. The van der Waals surface area contributed by atoms with Crippen molar-refractivity contribution in [3.05, 3.63) is 11.6 Å². The van der Waals surface area contributed by atoms with Crippen LogP contribution in [0.25, 0.3) is 0 Å². The number of likely N-dealkylation sites (tertiary alicyclic amines) is 1. The van der Waals surface area contributed by atoms with Crippen LogP contribution in [0.1, 0.15) is 136 Å². The number of ether oxygens (including phenoxy) is 2. The molecule has 2 aliphatic rings. The van der Waals surface area contributed by atoms with Gasteiger partial charge in [0.25, 0.3) is 0 Å². The van der Waals surface area contributed by atoms with E-state index in [-0.39, 0.29) is 18.2 Å². The van der Waals surface area contributed by atoms with Gasteiger partial charge in [0.15, 0.2) is 12.1 Å². The third kappa shape index (κ3) is 12.8. The van der Waals surface area contributed by atoms with Gasteiger partial charge >= 0.3 is 0 Å². The molecule has 1 fully saturated rings. The molecule has 2 heterocycles. The Bertz CT molecular complexity index is 541. The van der Waals surface area contributed by atoms with Crippen molar-refractivity contribution in [2.75, 3.05) is 26.2 Å². The summed E-state index contributed by atoms with van der Waals surface area (Å²) in [6.45, 7) is 8.10. The van der Waals surface area contributed by atoms with E-state index in [0.717, 1.165) is 51.1 Å². The second kappa shape index (κ2) is 19.5. The molecule has 4 heteroatoms. The van der Waals surface area contributed by atoms with Crippen molar-refractivity contribution in [3.8, 4) is 0 Å². The minimum Gasteiger partial charge on any atom is -0.349 e. The monoisotopic (exact) mass is 477 g/mol. The third-order valence-electron chi connectivity index (χ3n) is 7.42. The van der Waals surface area contributed by atoms with E-state index in [1.165, 1.54) is 103 Å². The van der Waals surface area contributed by atoms with Crippen LogP contribution in [0.4, 0.5) is 0 Å². The van der Waals surface area contributed by atoms with Crippen LogP contribution in [0.3, 0.4) is 0 Å². The first-order valence-corrected chi connectivity index (χ1v) is 15.0. The topological polar surface area (TPSA) is 38.8 Å². The predicted molar refractivity (Wildman–Crippen MR) is 143 cm³/mol. The van der Waals surface area contributed by atoms with Gasteiger partial charge in [0, 0.05) is 12.1 Å². The fraction of sp³-hybridized carbons (Fsp3) is 0.900. The van der Waals surface area contributed by atoms with E-state index in [1.807, 2.05) is 6.08 Å². The van der Waals surface area contributed by atoms with Crippen LogP contribution < -0.4 is 0 Å². The molecule has 0 aromatic rings. The number of ketones is 1. The Hall–Kier alpha value is -0.710. The molecule has 0 bridgehead atoms. The zero-order valence-corrected chi connectivity index (χ0v) is 22.7. The van der Waals surface area contributed by atoms with E-state index in [1.54, 1.807) is 0 Å². The lowest BCUT2D eigenvalue weighted by molar-refractivity contribution is -0.166. The van der Waals surface area contributed by atoms with Crippen LogP contribution in [0.5, 0.6) is 0 Å². The summed E-state index contributed by atoms with van der Waals surface area (Å²) < 4.78 is 12.1. The second-order valence-electron chi connectivity index (χ2n) is 10.6. The smallest absolute Gasteiger partial charge is 0.188 e. The molecule has 2 aliphatic heterocycles. The van der Waals surface area contributed by atoms with Crippen molar-refractivity contribution >= 4 is 5.78 Å². The van der Waals surface area contributed by atoms with Gasteiger partial charge in [-0.1, -0.05) is 110 Å². The Kier molecular flexibility index (Phi) is 16.9. The normalized spacial score (nSPS) is 21.7. The highest BCUT2D eigenvalue weighted by atomic mass is 16.7. The number of hydrogen-bond acceptors (Lipinski definition) is 4. The molecule has 2 unspecified atom stereocenters. The fourth-order valence-corrected chi connectivity index (χ4v) is 5.25. The predicted octanol–water partition coefficient (Wildman–Crippen LogP) is 7.99. The molecular formula is C30H55NO3. The summed E-state index contributed by atoms with van der Waals surface area (Å²) in [4.78, 5) is 15.3. The van der Waals surface area contributed by atoms with E-state index in [4.69, 9.17) is 9.47 Å². The number of rotatable bonds is 20. The molecule has 2 atom stereocenters. The number of unbranched alkanes of at least 4 members (excludes halogenated alkanes) is 13. The number of carbonyl (C=O) groups excluding carboxylic acids is 1. The first-order valence-electron chi connectivity index (χ1n) is 15.0. The average Bonchev–Trinajstić information content (AvgIpc) is 2.85. The molecule has 1 saturated heterocycles. The third-order valence-corrected chi connectivity index (χ3v) is 7.42. The fourth-order valence-electron chi connectivity index (χ4n) is 5.25. The maximum absolute atomic E-state index is 12.9. The molecule has 0 aromatic carbocycles. The molecule has 0 aromatic heterocycles. The number of Topliss-reactive ketones (excluding diaryl/α,β-unsaturated/α-hetero) is 1. The zero-order valence-electron chi connectivity index (χ0n) is 22.7. The number of carbonyl (C=O) groups is 1. The zero-order chi connectivity index (χ0) is 24.3. The first-order chi connectivity index (χ1) is 16.7. The van der Waals surface area contributed by atoms with E-state index >= 15 is 0 Å². The van der Waals surface area contributed by atoms with Crippen LogP contribution in [0, 0.1) is 0 Å². The van der Waals surface area contributed by atoms with E-state index in [2.05, 4.69) is 18.7 Å². The largest absolute Gasteiger partial charge is 0.349 e. The Morgan fingerprint density at radius 2 is 1.35 bits per heavy atom. The van der Waals surface area contributed by atoms with Crippen molar-refractivity contribution in [2.45, 2.75) is 148 Å². The molecule has 0 spiro atoms. The van der Waals surface area contributed by atoms with Gasteiger partial charge in [-0.2, -0.15) is 0 Å². The van der Waals surface area contributed by atoms with Crippen LogP contribution in [0.2, 0.25) is 0 Å². The SMILES string of the molecule is CCCCCCCCCCCCCCCCOC1C=C(CN2CCCCC2)C(=O)C(CCC)O1. The van der Waals surface area contributed by atoms with Crippen LogP contribution in [0.15, 0.2) is 11.6 Å². The van der Waals surface area contributed by atoms with Gasteiger partial charge in [-0.15, -0.1) is 0 Å². The van der Waals surface area contributed by atoms with Gasteiger partial charge in [0.1, 0.15) is 6.10 Å². The highest BCUT2D eigenvalue weighted by Crippen LogP contribution is 2.23. The van der Waals surface area contributed by atoms with Crippen molar-refractivity contribution in [3.63, 3.8) is 0 Å². The van der Waals surface area contributed by atoms with Gasteiger partial charge < -0.3 is 9.47 Å². The highest BCUT2D eigenvalue weighted by molar-refractivity contribution is 5.99. The van der Waals surface area contributed by atoms with Crippen LogP contribution in [-0.2, 0) is 14.3 Å². The number of nitrogens with zero attached hydrogens (tertiary/aromatic N) is 1. The summed E-state index contributed by atoms with van der Waals surface area (Å²) in [5.41, 5.74) is 0.914. The minimum absolute atomic E-state index is 0.184. The van der Waals surface area contributed by atoms with E-state index < -0.39 is 0 Å². The van der Waals surface area contributed by atoms with Crippen molar-refractivity contribution in [2.24, 2.45) is 0 Å². The average molecular weight is 478 g/mol. The van der Waals surface area contributed by atoms with Gasteiger partial charge in [0.05, 0.1) is 6.61 Å². The Morgan fingerprint density at radius 3 is 1.91 bits per heavy atom. The van der Waals surface area contributed by atoms with Crippen molar-refractivity contribution in [1.82, 2.24) is 4.90 Å². The molecule has 0 amide bonds. The summed E-state index contributed by atoms with van der Waals surface area (Å²) in [5.74, 6) is 0.184. The maximum atomic E-state index is 12.9. The molecule has 0 radical (unpaired) electrons. The molecule has 0 saturated carbocycles. The van der Waals surface area contributed by atoms with Crippen molar-refractivity contribution in [1.29, 1.82) is 0 Å². The van der Waals surface area contributed by atoms with Gasteiger partial charge in [-0.3, -0.25) is 9.69 Å². The molecule has 0 aliphatic carbocycles. The Balaban J connectivity index is 1.53. The summed E-state index contributed by atoms with van der Waals surface area (Å²) in [7, 11) is 0. The molecular weight excluding hydrogens is 422 g/mol. The standard InChI is InChI=1S/C30H55NO3/c1-3-5-6-7-8-9-10-11-12-13-14-15-16-20-24-33-29-25-27(26-31-22-18-17-19-23-31)30(32)28(34-29)21-4-2/h25,28-29H,3-24,26H2,1-2H3. The second-order valence-corrected chi connectivity index (χ2v) is 10.6. The quantitative estimate of drug-likeness (QED) is 0.167.